The predicted molar refractivity (Wildman–Crippen MR) is 132 cm³/mol. The van der Waals surface area contributed by atoms with Crippen molar-refractivity contribution in [2.45, 2.75) is 58.8 Å². The van der Waals surface area contributed by atoms with Crippen LogP contribution in [-0.2, 0) is 4.74 Å². The Morgan fingerprint density at radius 2 is 1.97 bits per heavy atom. The summed E-state index contributed by atoms with van der Waals surface area (Å²) in [6.45, 7) is 13.1. The van der Waals surface area contributed by atoms with Gasteiger partial charge in [-0.2, -0.15) is 0 Å². The Morgan fingerprint density at radius 1 is 1.24 bits per heavy atom. The summed E-state index contributed by atoms with van der Waals surface area (Å²) in [5.74, 6) is 1.76. The number of halogens is 1. The highest BCUT2D eigenvalue weighted by Gasteiger charge is 2.20. The van der Waals surface area contributed by atoms with E-state index in [2.05, 4.69) is 60.4 Å². The molecule has 1 aliphatic heterocycles. The summed E-state index contributed by atoms with van der Waals surface area (Å²) < 4.78 is 11.6. The number of aryl methyl sites for hydroxylation is 1. The molecule has 1 aromatic carbocycles. The van der Waals surface area contributed by atoms with Gasteiger partial charge >= 0.3 is 0 Å². The van der Waals surface area contributed by atoms with Gasteiger partial charge in [-0.3, -0.25) is 4.99 Å². The molecule has 2 N–H and O–H groups in total. The van der Waals surface area contributed by atoms with Crippen molar-refractivity contribution in [3.63, 3.8) is 0 Å². The fourth-order valence-electron chi connectivity index (χ4n) is 3.31. The SMILES string of the molecule is CN=C(NCC(C)Oc1cccc(C)c1)NC1CCN(CCOC(C)C)CC1.I. The Morgan fingerprint density at radius 3 is 2.59 bits per heavy atom. The Labute approximate surface area is 193 Å². The maximum atomic E-state index is 5.98. The van der Waals surface area contributed by atoms with Gasteiger partial charge in [-0.1, -0.05) is 12.1 Å². The molecular formula is C22H39IN4O2. The van der Waals surface area contributed by atoms with E-state index in [0.717, 1.165) is 50.8 Å². The van der Waals surface area contributed by atoms with Crippen LogP contribution < -0.4 is 15.4 Å². The lowest BCUT2D eigenvalue weighted by Crippen LogP contribution is -2.50. The van der Waals surface area contributed by atoms with E-state index in [0.29, 0.717) is 18.7 Å². The zero-order valence-corrected chi connectivity index (χ0v) is 20.9. The van der Waals surface area contributed by atoms with Gasteiger partial charge in [-0.15, -0.1) is 24.0 Å². The van der Waals surface area contributed by atoms with E-state index in [9.17, 15) is 0 Å². The Bertz CT molecular complexity index is 604. The molecule has 0 aliphatic carbocycles. The summed E-state index contributed by atoms with van der Waals surface area (Å²) in [5, 5.41) is 6.94. The van der Waals surface area contributed by atoms with Gasteiger partial charge in [0.15, 0.2) is 5.96 Å². The highest BCUT2D eigenvalue weighted by atomic mass is 127. The normalized spacial score (nSPS) is 17.0. The number of rotatable bonds is 9. The van der Waals surface area contributed by atoms with Crippen molar-refractivity contribution in [1.82, 2.24) is 15.5 Å². The summed E-state index contributed by atoms with van der Waals surface area (Å²) in [6, 6.07) is 8.61. The van der Waals surface area contributed by atoms with Crippen LogP contribution in [0.4, 0.5) is 0 Å². The van der Waals surface area contributed by atoms with Crippen LogP contribution >= 0.6 is 24.0 Å². The first-order valence-electron chi connectivity index (χ1n) is 10.5. The van der Waals surface area contributed by atoms with Gasteiger partial charge in [0.2, 0.25) is 0 Å². The topological polar surface area (TPSA) is 58.1 Å². The second kappa shape index (κ2) is 14.0. The number of piperidine rings is 1. The molecular weight excluding hydrogens is 479 g/mol. The second-order valence-electron chi connectivity index (χ2n) is 7.88. The zero-order valence-electron chi connectivity index (χ0n) is 18.6. The molecule has 1 fully saturated rings. The zero-order chi connectivity index (χ0) is 20.4. The number of ether oxygens (including phenoxy) is 2. The Kier molecular flexibility index (Phi) is 12.6. The minimum Gasteiger partial charge on any atom is -0.489 e. The van der Waals surface area contributed by atoms with Crippen LogP contribution in [0.2, 0.25) is 0 Å². The van der Waals surface area contributed by atoms with Gasteiger partial charge in [-0.25, -0.2) is 0 Å². The number of benzene rings is 1. The third kappa shape index (κ3) is 10.5. The Balaban J connectivity index is 0.00000420. The van der Waals surface area contributed by atoms with E-state index < -0.39 is 0 Å². The van der Waals surface area contributed by atoms with Crippen molar-refractivity contribution in [2.24, 2.45) is 4.99 Å². The summed E-state index contributed by atoms with van der Waals surface area (Å²) in [5.41, 5.74) is 1.21. The van der Waals surface area contributed by atoms with Gasteiger partial charge in [0.25, 0.3) is 0 Å². The number of hydrogen-bond acceptors (Lipinski definition) is 4. The molecule has 166 valence electrons. The molecule has 1 aromatic rings. The van der Waals surface area contributed by atoms with Crippen LogP contribution in [0.15, 0.2) is 29.3 Å². The van der Waals surface area contributed by atoms with E-state index >= 15 is 0 Å². The first kappa shape index (κ1) is 26.0. The molecule has 0 spiro atoms. The molecule has 29 heavy (non-hydrogen) atoms. The number of likely N-dealkylation sites (tertiary alicyclic amines) is 1. The molecule has 0 amide bonds. The van der Waals surface area contributed by atoms with E-state index in [1.807, 2.05) is 19.2 Å². The fraction of sp³-hybridized carbons (Fsp3) is 0.682. The van der Waals surface area contributed by atoms with Gasteiger partial charge in [0.05, 0.1) is 19.3 Å². The lowest BCUT2D eigenvalue weighted by atomic mass is 10.1. The lowest BCUT2D eigenvalue weighted by molar-refractivity contribution is 0.0532. The molecule has 0 radical (unpaired) electrons. The van der Waals surface area contributed by atoms with Crippen LogP contribution in [0.25, 0.3) is 0 Å². The van der Waals surface area contributed by atoms with Crippen molar-refractivity contribution < 1.29 is 9.47 Å². The minimum atomic E-state index is 0. The van der Waals surface area contributed by atoms with Crippen molar-refractivity contribution >= 4 is 29.9 Å². The number of nitrogens with one attached hydrogen (secondary N) is 2. The van der Waals surface area contributed by atoms with Gasteiger partial charge < -0.3 is 25.0 Å². The van der Waals surface area contributed by atoms with Crippen LogP contribution in [0.3, 0.4) is 0 Å². The number of aliphatic imine (C=N–C) groups is 1. The van der Waals surface area contributed by atoms with Gasteiger partial charge in [0, 0.05) is 32.7 Å². The third-order valence-electron chi connectivity index (χ3n) is 4.89. The monoisotopic (exact) mass is 518 g/mol. The van der Waals surface area contributed by atoms with Crippen LogP contribution in [0.1, 0.15) is 39.2 Å². The molecule has 0 aromatic heterocycles. The third-order valence-corrected chi connectivity index (χ3v) is 4.89. The van der Waals surface area contributed by atoms with Crippen LogP contribution in [-0.4, -0.2) is 68.9 Å². The van der Waals surface area contributed by atoms with Gasteiger partial charge in [0.1, 0.15) is 11.9 Å². The quantitative estimate of drug-likeness (QED) is 0.298. The van der Waals surface area contributed by atoms with Crippen molar-refractivity contribution in [3.8, 4) is 5.75 Å². The number of guanidine groups is 1. The number of nitrogens with zero attached hydrogens (tertiary/aromatic N) is 2. The van der Waals surface area contributed by atoms with Crippen molar-refractivity contribution in [3.05, 3.63) is 29.8 Å². The standard InChI is InChI=1S/C22H38N4O2.HI/c1-17(2)27-14-13-26-11-9-20(10-12-26)25-22(23-5)24-16-19(4)28-21-8-6-7-18(3)15-21;/h6-8,15,17,19-20H,9-14,16H2,1-5H3,(H2,23,24,25);1H. The molecule has 0 saturated carbocycles. The molecule has 2 rings (SSSR count). The largest absolute Gasteiger partial charge is 0.489 e. The molecule has 7 heteroatoms. The van der Waals surface area contributed by atoms with Crippen molar-refractivity contribution in [2.75, 3.05) is 39.8 Å². The van der Waals surface area contributed by atoms with Crippen LogP contribution in [0.5, 0.6) is 5.75 Å². The smallest absolute Gasteiger partial charge is 0.191 e. The molecule has 1 heterocycles. The average Bonchev–Trinajstić information content (AvgIpc) is 2.66. The van der Waals surface area contributed by atoms with E-state index in [-0.39, 0.29) is 30.1 Å². The molecule has 6 nitrogen and oxygen atoms in total. The summed E-state index contributed by atoms with van der Waals surface area (Å²) >= 11 is 0. The highest BCUT2D eigenvalue weighted by Crippen LogP contribution is 2.14. The molecule has 1 aliphatic rings. The van der Waals surface area contributed by atoms with Crippen LogP contribution in [0, 0.1) is 6.92 Å². The fourth-order valence-corrected chi connectivity index (χ4v) is 3.31. The summed E-state index contributed by atoms with van der Waals surface area (Å²) in [4.78, 5) is 6.85. The molecule has 0 bridgehead atoms. The second-order valence-corrected chi connectivity index (χ2v) is 7.88. The van der Waals surface area contributed by atoms with Gasteiger partial charge in [-0.05, 0) is 58.2 Å². The Hall–Kier alpha value is -1.06. The first-order chi connectivity index (χ1) is 13.5. The minimum absolute atomic E-state index is 0. The lowest BCUT2D eigenvalue weighted by Gasteiger charge is -2.33. The maximum Gasteiger partial charge on any atom is 0.191 e. The first-order valence-corrected chi connectivity index (χ1v) is 10.5. The molecule has 1 unspecified atom stereocenters. The summed E-state index contributed by atoms with van der Waals surface area (Å²) in [7, 11) is 1.82. The average molecular weight is 518 g/mol. The molecule has 1 atom stereocenters. The summed E-state index contributed by atoms with van der Waals surface area (Å²) in [6.07, 6.45) is 2.61. The van der Waals surface area contributed by atoms with Crippen molar-refractivity contribution in [1.29, 1.82) is 0 Å². The van der Waals surface area contributed by atoms with E-state index in [4.69, 9.17) is 9.47 Å². The van der Waals surface area contributed by atoms with E-state index in [1.165, 1.54) is 5.56 Å². The molecule has 1 saturated heterocycles. The number of hydrogen-bond donors (Lipinski definition) is 2. The maximum absolute atomic E-state index is 5.98. The van der Waals surface area contributed by atoms with E-state index in [1.54, 1.807) is 0 Å². The predicted octanol–water partition coefficient (Wildman–Crippen LogP) is 3.43. The highest BCUT2D eigenvalue weighted by molar-refractivity contribution is 14.0.